The standard InChI is InChI=1S/C12H16BrN3.C12H17N3/c1-12(2)5-3-8(4-6-12)10-9(13)7-15-11(14)16-10;1-12(2)6-3-9(4-7-12)10-5-8-14-11(13)15-10/h3,7H,4-6H2,1-2H3,(H2,14,15,16);3,5,8H,4,6-7H2,1-2H3,(H2,13,14,15). The zero-order valence-corrected chi connectivity index (χ0v) is 20.5. The summed E-state index contributed by atoms with van der Waals surface area (Å²) in [4.78, 5) is 16.4. The van der Waals surface area contributed by atoms with E-state index < -0.39 is 0 Å². The molecule has 4 rings (SSSR count). The van der Waals surface area contributed by atoms with Gasteiger partial charge in [0, 0.05) is 12.4 Å². The third-order valence-corrected chi connectivity index (χ3v) is 6.59. The number of allylic oxidation sites excluding steroid dienone is 4. The Labute approximate surface area is 193 Å². The summed E-state index contributed by atoms with van der Waals surface area (Å²) in [6.45, 7) is 9.19. The third kappa shape index (κ3) is 6.60. The van der Waals surface area contributed by atoms with Gasteiger partial charge in [0.2, 0.25) is 11.9 Å². The molecule has 31 heavy (non-hydrogen) atoms. The first-order chi connectivity index (χ1) is 14.5. The second kappa shape index (κ2) is 9.47. The van der Waals surface area contributed by atoms with Gasteiger partial charge in [-0.15, -0.1) is 0 Å². The van der Waals surface area contributed by atoms with Crippen molar-refractivity contribution in [2.75, 3.05) is 11.5 Å². The fourth-order valence-corrected chi connectivity index (χ4v) is 4.21. The Bertz CT molecular complexity index is 993. The molecule has 0 aromatic carbocycles. The van der Waals surface area contributed by atoms with Crippen molar-refractivity contribution in [2.45, 2.75) is 66.2 Å². The van der Waals surface area contributed by atoms with E-state index in [1.54, 1.807) is 12.4 Å². The van der Waals surface area contributed by atoms with E-state index in [4.69, 9.17) is 11.5 Å². The number of nitrogen functional groups attached to an aromatic ring is 2. The van der Waals surface area contributed by atoms with Crippen molar-refractivity contribution >= 4 is 39.0 Å². The van der Waals surface area contributed by atoms with Gasteiger partial charge in [0.05, 0.1) is 15.9 Å². The van der Waals surface area contributed by atoms with Crippen LogP contribution in [0.4, 0.5) is 11.9 Å². The quantitative estimate of drug-likeness (QED) is 0.535. The van der Waals surface area contributed by atoms with E-state index in [0.717, 1.165) is 41.5 Å². The van der Waals surface area contributed by atoms with Crippen LogP contribution in [0.1, 0.15) is 77.6 Å². The van der Waals surface area contributed by atoms with Crippen LogP contribution in [-0.2, 0) is 0 Å². The molecular formula is C24H33BrN6. The van der Waals surface area contributed by atoms with E-state index in [9.17, 15) is 0 Å². The Kier molecular flexibility index (Phi) is 7.14. The van der Waals surface area contributed by atoms with Crippen LogP contribution in [0.25, 0.3) is 11.1 Å². The highest BCUT2D eigenvalue weighted by Crippen LogP contribution is 2.39. The largest absolute Gasteiger partial charge is 0.368 e. The molecule has 4 N–H and O–H groups in total. The molecule has 0 unspecified atom stereocenters. The van der Waals surface area contributed by atoms with Crippen molar-refractivity contribution in [1.29, 1.82) is 0 Å². The van der Waals surface area contributed by atoms with Gasteiger partial charge in [-0.05, 0) is 82.5 Å². The molecule has 6 nitrogen and oxygen atoms in total. The van der Waals surface area contributed by atoms with Gasteiger partial charge in [-0.2, -0.15) is 0 Å². The summed E-state index contributed by atoms with van der Waals surface area (Å²) in [5.41, 5.74) is 16.5. The number of rotatable bonds is 2. The Morgan fingerprint density at radius 1 is 0.839 bits per heavy atom. The summed E-state index contributed by atoms with van der Waals surface area (Å²) in [7, 11) is 0. The maximum atomic E-state index is 5.62. The fourth-order valence-electron chi connectivity index (χ4n) is 3.76. The number of nitrogens with zero attached hydrogens (tertiary/aromatic N) is 4. The van der Waals surface area contributed by atoms with Gasteiger partial charge >= 0.3 is 0 Å². The van der Waals surface area contributed by atoms with Gasteiger partial charge < -0.3 is 11.5 Å². The molecule has 0 saturated carbocycles. The molecule has 2 aliphatic carbocycles. The Morgan fingerprint density at radius 3 is 1.97 bits per heavy atom. The van der Waals surface area contributed by atoms with Gasteiger partial charge in [0.1, 0.15) is 0 Å². The summed E-state index contributed by atoms with van der Waals surface area (Å²) in [5.74, 6) is 0.696. The highest BCUT2D eigenvalue weighted by Gasteiger charge is 2.24. The SMILES string of the molecule is CC1(C)CC=C(c2ccnc(N)n2)CC1.CC1(C)CC=C(c2nc(N)ncc2Br)CC1. The molecule has 166 valence electrons. The molecule has 0 atom stereocenters. The average molecular weight is 485 g/mol. The van der Waals surface area contributed by atoms with Crippen molar-refractivity contribution in [2.24, 2.45) is 10.8 Å². The molecule has 0 spiro atoms. The minimum absolute atomic E-state index is 0.337. The van der Waals surface area contributed by atoms with E-state index in [0.29, 0.717) is 22.7 Å². The van der Waals surface area contributed by atoms with Gasteiger partial charge in [-0.1, -0.05) is 39.8 Å². The molecule has 7 heteroatoms. The van der Waals surface area contributed by atoms with Crippen LogP contribution in [0.2, 0.25) is 0 Å². The van der Waals surface area contributed by atoms with Crippen LogP contribution in [0.3, 0.4) is 0 Å². The summed E-state index contributed by atoms with van der Waals surface area (Å²) >= 11 is 3.47. The highest BCUT2D eigenvalue weighted by atomic mass is 79.9. The maximum absolute atomic E-state index is 5.62. The maximum Gasteiger partial charge on any atom is 0.220 e. The van der Waals surface area contributed by atoms with Crippen LogP contribution in [0, 0.1) is 10.8 Å². The zero-order valence-electron chi connectivity index (χ0n) is 19.0. The molecule has 2 aromatic heterocycles. The smallest absolute Gasteiger partial charge is 0.220 e. The number of halogens is 1. The minimum atomic E-state index is 0.337. The van der Waals surface area contributed by atoms with E-state index in [1.165, 1.54) is 24.0 Å². The lowest BCUT2D eigenvalue weighted by atomic mass is 9.78. The summed E-state index contributed by atoms with van der Waals surface area (Å²) in [5, 5.41) is 0. The molecular weight excluding hydrogens is 452 g/mol. The van der Waals surface area contributed by atoms with E-state index >= 15 is 0 Å². The van der Waals surface area contributed by atoms with Gasteiger partial charge in [-0.25, -0.2) is 19.9 Å². The molecule has 0 bridgehead atoms. The molecule has 0 amide bonds. The molecule has 2 aromatic rings. The monoisotopic (exact) mass is 484 g/mol. The average Bonchev–Trinajstić information content (AvgIpc) is 2.70. The second-order valence-electron chi connectivity index (χ2n) is 9.92. The number of hydrogen-bond donors (Lipinski definition) is 2. The first-order valence-electron chi connectivity index (χ1n) is 10.8. The van der Waals surface area contributed by atoms with Crippen LogP contribution in [0.5, 0.6) is 0 Å². The van der Waals surface area contributed by atoms with Crippen molar-refractivity contribution in [1.82, 2.24) is 19.9 Å². The van der Waals surface area contributed by atoms with Gasteiger partial charge in [0.15, 0.2) is 0 Å². The molecule has 0 saturated heterocycles. The molecule has 0 aliphatic heterocycles. The van der Waals surface area contributed by atoms with Gasteiger partial charge in [0.25, 0.3) is 0 Å². The summed E-state index contributed by atoms with van der Waals surface area (Å²) in [6.07, 6.45) is 14.8. The van der Waals surface area contributed by atoms with Crippen molar-refractivity contribution in [3.05, 3.63) is 46.5 Å². The van der Waals surface area contributed by atoms with Crippen LogP contribution >= 0.6 is 15.9 Å². The lowest BCUT2D eigenvalue weighted by Crippen LogP contribution is -2.14. The predicted octanol–water partition coefficient (Wildman–Crippen LogP) is 6.07. The zero-order chi connectivity index (χ0) is 22.6. The van der Waals surface area contributed by atoms with Gasteiger partial charge in [-0.3, -0.25) is 0 Å². The lowest BCUT2D eigenvalue weighted by molar-refractivity contribution is 0.334. The molecule has 2 aliphatic rings. The number of hydrogen-bond acceptors (Lipinski definition) is 6. The molecule has 2 heterocycles. The van der Waals surface area contributed by atoms with E-state index in [2.05, 4.69) is 75.7 Å². The highest BCUT2D eigenvalue weighted by molar-refractivity contribution is 9.10. The van der Waals surface area contributed by atoms with Crippen molar-refractivity contribution in [3.8, 4) is 0 Å². The predicted molar refractivity (Wildman–Crippen MR) is 132 cm³/mol. The van der Waals surface area contributed by atoms with E-state index in [1.807, 2.05) is 6.07 Å². The van der Waals surface area contributed by atoms with Crippen LogP contribution in [0.15, 0.2) is 35.1 Å². The normalized spacial score (nSPS) is 19.5. The van der Waals surface area contributed by atoms with Crippen molar-refractivity contribution < 1.29 is 0 Å². The van der Waals surface area contributed by atoms with Crippen LogP contribution in [-0.4, -0.2) is 19.9 Å². The third-order valence-electron chi connectivity index (χ3n) is 6.01. The molecule has 0 fully saturated rings. The minimum Gasteiger partial charge on any atom is -0.368 e. The molecule has 0 radical (unpaired) electrons. The van der Waals surface area contributed by atoms with Crippen molar-refractivity contribution in [3.63, 3.8) is 0 Å². The summed E-state index contributed by atoms with van der Waals surface area (Å²) in [6, 6.07) is 1.93. The second-order valence-corrected chi connectivity index (χ2v) is 10.8. The Hall–Kier alpha value is -2.28. The number of aromatic nitrogens is 4. The van der Waals surface area contributed by atoms with Crippen LogP contribution < -0.4 is 11.5 Å². The number of nitrogens with two attached hydrogens (primary N) is 2. The summed E-state index contributed by atoms with van der Waals surface area (Å²) < 4.78 is 0.924. The first-order valence-corrected chi connectivity index (χ1v) is 11.6. The lowest BCUT2D eigenvalue weighted by Gasteiger charge is -2.28. The number of anilines is 2. The Balaban J connectivity index is 0.000000176. The topological polar surface area (TPSA) is 104 Å². The first kappa shape index (κ1) is 23.4. The van der Waals surface area contributed by atoms with E-state index in [-0.39, 0.29) is 0 Å². The fraction of sp³-hybridized carbons (Fsp3) is 0.500. The Morgan fingerprint density at radius 2 is 1.42 bits per heavy atom.